The first-order valence-electron chi connectivity index (χ1n) is 12.3. The average Bonchev–Trinajstić information content (AvgIpc) is 2.80. The summed E-state index contributed by atoms with van der Waals surface area (Å²) >= 11 is 0. The average molecular weight is 469 g/mol. The molecule has 2 nitrogen and oxygen atoms in total. The van der Waals surface area contributed by atoms with Gasteiger partial charge in [0.15, 0.2) is 0 Å². The second kappa shape index (κ2) is 8.90. The van der Waals surface area contributed by atoms with Crippen molar-refractivity contribution < 1.29 is 22.7 Å². The molecule has 4 aliphatic rings. The number of ether oxygens (including phenoxy) is 1. The molecule has 2 aromatic carbocycles. The maximum atomic E-state index is 13.1. The largest absolute Gasteiger partial charge is 0.497 e. The zero-order valence-electron chi connectivity index (χ0n) is 19.5. The van der Waals surface area contributed by atoms with Crippen LogP contribution in [0.5, 0.6) is 5.75 Å². The molecule has 180 valence electrons. The minimum absolute atomic E-state index is 0.219. The summed E-state index contributed by atoms with van der Waals surface area (Å²) in [5.74, 6) is 3.36. The van der Waals surface area contributed by atoms with Crippen LogP contribution in [0.2, 0.25) is 0 Å². The van der Waals surface area contributed by atoms with Crippen molar-refractivity contribution in [2.24, 2.45) is 17.8 Å². The lowest BCUT2D eigenvalue weighted by molar-refractivity contribution is -0.137. The molecule has 0 aliphatic heterocycles. The number of carbonyl (C=O) groups excluding carboxylic acids is 1. The van der Waals surface area contributed by atoms with Crippen LogP contribution in [0.4, 0.5) is 13.2 Å². The molecule has 0 saturated heterocycles. The molecule has 4 aliphatic carbocycles. The van der Waals surface area contributed by atoms with Crippen LogP contribution in [0.25, 0.3) is 5.57 Å². The number of hydrogen-bond donors (Lipinski definition) is 0. The fraction of sp³-hybridized carbons (Fsp3) is 0.483. The molecule has 0 spiro atoms. The summed E-state index contributed by atoms with van der Waals surface area (Å²) < 4.78 is 44.9. The topological polar surface area (TPSA) is 26.3 Å². The number of aldehydes is 1. The minimum atomic E-state index is -4.43. The van der Waals surface area contributed by atoms with Gasteiger partial charge in [0.25, 0.3) is 0 Å². The van der Waals surface area contributed by atoms with E-state index in [1.165, 1.54) is 55.7 Å². The Kier molecular flexibility index (Phi) is 6.07. The predicted molar refractivity (Wildman–Crippen MR) is 127 cm³/mol. The number of carbonyl (C=O) groups is 1. The molecule has 0 amide bonds. The number of hydrogen-bond acceptors (Lipinski definition) is 2. The second-order valence-electron chi connectivity index (χ2n) is 10.6. The van der Waals surface area contributed by atoms with Gasteiger partial charge in [0.05, 0.1) is 12.7 Å². The standard InChI is InChI=1S/C29H31F3O2/c1-34-26-9-8-22(27(14-26)28-15-19-10-20(16-28)12-21(11-19)17-28)4-2-6-24(18-33)23-5-3-7-25(13-23)29(30,31)32/h3,5-9,13-14,18-21H,2,4,10-12,15-17H2,1H3/b24-6+. The summed E-state index contributed by atoms with van der Waals surface area (Å²) in [4.78, 5) is 11.7. The van der Waals surface area contributed by atoms with E-state index in [2.05, 4.69) is 12.1 Å². The van der Waals surface area contributed by atoms with Gasteiger partial charge in [-0.05, 0) is 115 Å². The van der Waals surface area contributed by atoms with Crippen LogP contribution in [0.15, 0.2) is 48.5 Å². The number of halogens is 3. The van der Waals surface area contributed by atoms with Gasteiger partial charge in [-0.2, -0.15) is 13.2 Å². The van der Waals surface area contributed by atoms with Crippen LogP contribution in [0, 0.1) is 17.8 Å². The Morgan fingerprint density at radius 1 is 1.03 bits per heavy atom. The summed E-state index contributed by atoms with van der Waals surface area (Å²) in [5, 5.41) is 0. The third-order valence-electron chi connectivity index (χ3n) is 8.35. The molecule has 4 bridgehead atoms. The molecule has 0 radical (unpaired) electrons. The van der Waals surface area contributed by atoms with Crippen molar-refractivity contribution in [2.75, 3.05) is 7.11 Å². The van der Waals surface area contributed by atoms with Gasteiger partial charge in [0, 0.05) is 5.57 Å². The van der Waals surface area contributed by atoms with Crippen LogP contribution >= 0.6 is 0 Å². The van der Waals surface area contributed by atoms with Crippen molar-refractivity contribution >= 4 is 11.9 Å². The summed E-state index contributed by atoms with van der Waals surface area (Å²) in [5.41, 5.74) is 2.75. The first kappa shape index (κ1) is 23.2. The SMILES string of the molecule is COc1ccc(CC/C=C(\C=O)c2cccc(C(F)(F)F)c2)c(C23CC4CC(CC(C4)C2)C3)c1. The third-order valence-corrected chi connectivity index (χ3v) is 8.35. The number of allylic oxidation sites excluding steroid dienone is 2. The molecule has 4 saturated carbocycles. The molecular weight excluding hydrogens is 437 g/mol. The molecule has 0 heterocycles. The van der Waals surface area contributed by atoms with Gasteiger partial charge < -0.3 is 4.74 Å². The zero-order valence-corrected chi connectivity index (χ0v) is 19.5. The molecule has 0 N–H and O–H groups in total. The van der Waals surface area contributed by atoms with Crippen LogP contribution in [0.1, 0.15) is 67.2 Å². The highest BCUT2D eigenvalue weighted by atomic mass is 19.4. The van der Waals surface area contributed by atoms with E-state index in [1.54, 1.807) is 19.3 Å². The maximum absolute atomic E-state index is 13.1. The van der Waals surface area contributed by atoms with E-state index in [0.717, 1.165) is 42.1 Å². The van der Waals surface area contributed by atoms with E-state index in [9.17, 15) is 18.0 Å². The Hall–Kier alpha value is -2.56. The van der Waals surface area contributed by atoms with Gasteiger partial charge in [-0.1, -0.05) is 24.3 Å². The van der Waals surface area contributed by atoms with Crippen molar-refractivity contribution in [1.82, 2.24) is 0 Å². The smallest absolute Gasteiger partial charge is 0.416 e. The molecule has 5 heteroatoms. The number of alkyl halides is 3. The highest BCUT2D eigenvalue weighted by Crippen LogP contribution is 2.61. The number of benzene rings is 2. The van der Waals surface area contributed by atoms with Crippen LogP contribution in [-0.2, 0) is 22.8 Å². The first-order chi connectivity index (χ1) is 16.3. The third kappa shape index (κ3) is 4.42. The van der Waals surface area contributed by atoms with Crippen molar-refractivity contribution in [3.05, 3.63) is 70.8 Å². The fourth-order valence-electron chi connectivity index (χ4n) is 7.33. The normalized spacial score (nSPS) is 28.2. The number of aryl methyl sites for hydroxylation is 1. The van der Waals surface area contributed by atoms with E-state index in [4.69, 9.17) is 4.74 Å². The van der Waals surface area contributed by atoms with Crippen LogP contribution in [0.3, 0.4) is 0 Å². The van der Waals surface area contributed by atoms with Crippen LogP contribution in [-0.4, -0.2) is 13.4 Å². The highest BCUT2D eigenvalue weighted by molar-refractivity contribution is 6.06. The van der Waals surface area contributed by atoms with Crippen molar-refractivity contribution in [2.45, 2.75) is 63.0 Å². The van der Waals surface area contributed by atoms with Crippen molar-refractivity contribution in [3.8, 4) is 5.75 Å². The monoisotopic (exact) mass is 468 g/mol. The van der Waals surface area contributed by atoms with Gasteiger partial charge in [-0.25, -0.2) is 0 Å². The Bertz CT molecular complexity index is 1060. The lowest BCUT2D eigenvalue weighted by atomic mass is 9.47. The zero-order chi connectivity index (χ0) is 23.9. The van der Waals surface area contributed by atoms with Crippen LogP contribution < -0.4 is 4.74 Å². The number of methoxy groups -OCH3 is 1. The van der Waals surface area contributed by atoms with E-state index >= 15 is 0 Å². The predicted octanol–water partition coefficient (Wildman–Crippen LogP) is 7.40. The molecule has 4 fully saturated rings. The second-order valence-corrected chi connectivity index (χ2v) is 10.6. The lowest BCUT2D eigenvalue weighted by Gasteiger charge is -2.57. The van der Waals surface area contributed by atoms with Gasteiger partial charge in [-0.15, -0.1) is 0 Å². The summed E-state index contributed by atoms with van der Waals surface area (Å²) in [6.07, 6.45) is 7.21. The fourth-order valence-corrected chi connectivity index (χ4v) is 7.33. The number of rotatable bonds is 7. The molecule has 34 heavy (non-hydrogen) atoms. The maximum Gasteiger partial charge on any atom is 0.416 e. The van der Waals surface area contributed by atoms with Gasteiger partial charge in [-0.3, -0.25) is 4.79 Å². The molecule has 0 aromatic heterocycles. The Balaban J connectivity index is 1.40. The first-order valence-corrected chi connectivity index (χ1v) is 12.3. The molecular formula is C29H31F3O2. The van der Waals surface area contributed by atoms with E-state index in [0.29, 0.717) is 23.8 Å². The van der Waals surface area contributed by atoms with Crippen molar-refractivity contribution in [3.63, 3.8) is 0 Å². The Morgan fingerprint density at radius 3 is 2.29 bits per heavy atom. The minimum Gasteiger partial charge on any atom is -0.497 e. The van der Waals surface area contributed by atoms with E-state index in [1.807, 2.05) is 6.07 Å². The van der Waals surface area contributed by atoms with Gasteiger partial charge >= 0.3 is 6.18 Å². The van der Waals surface area contributed by atoms with E-state index < -0.39 is 11.7 Å². The summed E-state index contributed by atoms with van der Waals surface area (Å²) in [6, 6.07) is 11.4. The Morgan fingerprint density at radius 2 is 1.71 bits per heavy atom. The highest BCUT2D eigenvalue weighted by Gasteiger charge is 2.52. The quantitative estimate of drug-likeness (QED) is 0.313. The molecule has 0 atom stereocenters. The van der Waals surface area contributed by atoms with Gasteiger partial charge in [0.2, 0.25) is 0 Å². The summed E-state index contributed by atoms with van der Waals surface area (Å²) in [6.45, 7) is 0. The van der Waals surface area contributed by atoms with Gasteiger partial charge in [0.1, 0.15) is 12.0 Å². The molecule has 2 aromatic rings. The van der Waals surface area contributed by atoms with Crippen molar-refractivity contribution in [1.29, 1.82) is 0 Å². The van der Waals surface area contributed by atoms with E-state index in [-0.39, 0.29) is 5.41 Å². The summed E-state index contributed by atoms with van der Waals surface area (Å²) in [7, 11) is 1.70. The molecule has 0 unspecified atom stereocenters. The lowest BCUT2D eigenvalue weighted by Crippen LogP contribution is -2.48. The Labute approximate surface area is 199 Å². The molecule has 6 rings (SSSR count).